The quantitative estimate of drug-likeness (QED) is 0.607. The zero-order valence-electron chi connectivity index (χ0n) is 12.5. The van der Waals surface area contributed by atoms with Crippen LogP contribution in [0, 0.1) is 11.3 Å². The summed E-state index contributed by atoms with van der Waals surface area (Å²) in [6.07, 6.45) is 5.23. The number of aliphatic hydroxyl groups is 1. The molecule has 1 saturated carbocycles. The molecule has 2 rings (SSSR count). The van der Waals surface area contributed by atoms with Crippen molar-refractivity contribution in [3.8, 4) is 0 Å². The minimum absolute atomic E-state index is 0.0442. The maximum absolute atomic E-state index is 11.8. The number of Topliss-reactive ketones (excluding diaryl/α,β-unsaturated/α-hetero) is 1. The topological polar surface area (TPSA) is 37.3 Å². The molecule has 0 radical (unpaired) electrons. The lowest BCUT2D eigenvalue weighted by atomic mass is 9.66. The number of hydrogen-bond donors (Lipinski definition) is 1. The molecule has 0 bridgehead atoms. The van der Waals surface area contributed by atoms with E-state index in [0.29, 0.717) is 12.0 Å². The smallest absolute Gasteiger partial charge is 0.158 e. The molecule has 0 aromatic carbocycles. The molecule has 0 saturated heterocycles. The molecule has 2 aliphatic rings. The predicted molar refractivity (Wildman–Crippen MR) is 77.8 cm³/mol. The Balaban J connectivity index is 2.29. The second-order valence-electron chi connectivity index (χ2n) is 6.82. The van der Waals surface area contributed by atoms with Crippen molar-refractivity contribution in [2.45, 2.75) is 65.4 Å². The zero-order valence-corrected chi connectivity index (χ0v) is 12.5. The molecule has 1 N–H and O–H groups in total. The number of hydrogen-bond acceptors (Lipinski definition) is 2. The van der Waals surface area contributed by atoms with E-state index in [4.69, 9.17) is 0 Å². The fourth-order valence-electron chi connectivity index (χ4n) is 3.87. The number of aliphatic hydroxyl groups excluding tert-OH is 1. The van der Waals surface area contributed by atoms with Crippen LogP contribution in [0.4, 0.5) is 0 Å². The van der Waals surface area contributed by atoms with Crippen LogP contribution in [0.25, 0.3) is 0 Å². The lowest BCUT2D eigenvalue weighted by Crippen LogP contribution is -2.37. The summed E-state index contributed by atoms with van der Waals surface area (Å²) in [6, 6.07) is 0. The molecule has 106 valence electrons. The van der Waals surface area contributed by atoms with Crippen molar-refractivity contribution in [3.63, 3.8) is 0 Å². The summed E-state index contributed by atoms with van der Waals surface area (Å²) < 4.78 is 0. The second-order valence-corrected chi connectivity index (χ2v) is 6.82. The standard InChI is InChI=1S/C17H26O2/c1-11-7-6-10-17(3,4)15(11)16(19)13-8-5-9-14(18)12(13)2/h13,16,19H,2,5-10H2,1,3-4H3. The molecule has 0 aliphatic heterocycles. The lowest BCUT2D eigenvalue weighted by Gasteiger charge is -2.40. The minimum atomic E-state index is -0.521. The summed E-state index contributed by atoms with van der Waals surface area (Å²) in [5, 5.41) is 10.8. The van der Waals surface area contributed by atoms with E-state index in [2.05, 4.69) is 27.4 Å². The first-order chi connectivity index (χ1) is 8.84. The van der Waals surface area contributed by atoms with E-state index < -0.39 is 6.10 Å². The molecular weight excluding hydrogens is 236 g/mol. The molecule has 2 atom stereocenters. The summed E-state index contributed by atoms with van der Waals surface area (Å²) >= 11 is 0. The van der Waals surface area contributed by atoms with E-state index in [1.807, 2.05) is 0 Å². The first-order valence-electron chi connectivity index (χ1n) is 7.45. The summed E-state index contributed by atoms with van der Waals surface area (Å²) in [4.78, 5) is 11.8. The highest BCUT2D eigenvalue weighted by Gasteiger charge is 2.39. The Bertz CT molecular complexity index is 429. The van der Waals surface area contributed by atoms with Gasteiger partial charge in [0.05, 0.1) is 6.10 Å². The van der Waals surface area contributed by atoms with Crippen molar-refractivity contribution in [2.24, 2.45) is 11.3 Å². The zero-order chi connectivity index (χ0) is 14.2. The third-order valence-electron chi connectivity index (χ3n) is 4.94. The van der Waals surface area contributed by atoms with Crippen LogP contribution in [0.2, 0.25) is 0 Å². The van der Waals surface area contributed by atoms with Crippen LogP contribution in [-0.2, 0) is 4.79 Å². The van der Waals surface area contributed by atoms with Gasteiger partial charge < -0.3 is 5.11 Å². The largest absolute Gasteiger partial charge is 0.388 e. The molecule has 0 amide bonds. The average molecular weight is 262 g/mol. The maximum atomic E-state index is 11.8. The first kappa shape index (κ1) is 14.5. The third kappa shape index (κ3) is 2.69. The van der Waals surface area contributed by atoms with Gasteiger partial charge in [0.25, 0.3) is 0 Å². The van der Waals surface area contributed by atoms with Gasteiger partial charge in [0.2, 0.25) is 0 Å². The molecule has 2 heteroatoms. The molecule has 2 unspecified atom stereocenters. The number of rotatable bonds is 2. The van der Waals surface area contributed by atoms with Gasteiger partial charge in [-0.25, -0.2) is 0 Å². The van der Waals surface area contributed by atoms with Gasteiger partial charge in [-0.15, -0.1) is 0 Å². The highest BCUT2D eigenvalue weighted by molar-refractivity contribution is 5.96. The third-order valence-corrected chi connectivity index (χ3v) is 4.94. The second kappa shape index (κ2) is 5.24. The van der Waals surface area contributed by atoms with Crippen LogP contribution in [0.1, 0.15) is 59.3 Å². The fourth-order valence-corrected chi connectivity index (χ4v) is 3.87. The number of carbonyl (C=O) groups is 1. The monoisotopic (exact) mass is 262 g/mol. The van der Waals surface area contributed by atoms with Gasteiger partial charge >= 0.3 is 0 Å². The van der Waals surface area contributed by atoms with Gasteiger partial charge in [-0.3, -0.25) is 4.79 Å². The maximum Gasteiger partial charge on any atom is 0.158 e. The summed E-state index contributed by atoms with van der Waals surface area (Å²) in [5.74, 6) is 0.0748. The SMILES string of the molecule is C=C1C(=O)CCCC1C(O)C1=C(C)CCCC1(C)C. The molecule has 19 heavy (non-hydrogen) atoms. The van der Waals surface area contributed by atoms with E-state index >= 15 is 0 Å². The summed E-state index contributed by atoms with van der Waals surface area (Å²) in [6.45, 7) is 10.5. The molecule has 0 spiro atoms. The van der Waals surface area contributed by atoms with Crippen molar-refractivity contribution >= 4 is 5.78 Å². The van der Waals surface area contributed by atoms with Crippen LogP contribution in [0.3, 0.4) is 0 Å². The van der Waals surface area contributed by atoms with E-state index in [0.717, 1.165) is 25.7 Å². The van der Waals surface area contributed by atoms with Gasteiger partial charge in [0.1, 0.15) is 0 Å². The van der Waals surface area contributed by atoms with Gasteiger partial charge in [-0.05, 0) is 55.6 Å². The average Bonchev–Trinajstić information content (AvgIpc) is 2.31. The van der Waals surface area contributed by atoms with Gasteiger partial charge in [-0.2, -0.15) is 0 Å². The highest BCUT2D eigenvalue weighted by Crippen LogP contribution is 2.45. The van der Waals surface area contributed by atoms with Crippen LogP contribution < -0.4 is 0 Å². The lowest BCUT2D eigenvalue weighted by molar-refractivity contribution is -0.117. The predicted octanol–water partition coefficient (Wildman–Crippen LogP) is 3.80. The Labute approximate surface area is 116 Å². The summed E-state index contributed by atoms with van der Waals surface area (Å²) in [5.41, 5.74) is 3.16. The van der Waals surface area contributed by atoms with E-state index in [1.165, 1.54) is 17.6 Å². The molecule has 1 fully saturated rings. The van der Waals surface area contributed by atoms with Gasteiger partial charge in [-0.1, -0.05) is 26.0 Å². The number of ketones is 1. The van der Waals surface area contributed by atoms with Crippen molar-refractivity contribution in [2.75, 3.05) is 0 Å². The summed E-state index contributed by atoms with van der Waals surface area (Å²) in [7, 11) is 0. The Morgan fingerprint density at radius 2 is 2.00 bits per heavy atom. The van der Waals surface area contributed by atoms with Crippen molar-refractivity contribution < 1.29 is 9.90 Å². The fraction of sp³-hybridized carbons (Fsp3) is 0.706. The van der Waals surface area contributed by atoms with Crippen molar-refractivity contribution in [1.82, 2.24) is 0 Å². The number of allylic oxidation sites excluding steroid dienone is 1. The van der Waals surface area contributed by atoms with Crippen LogP contribution in [0.5, 0.6) is 0 Å². The number of carbonyl (C=O) groups excluding carboxylic acids is 1. The minimum Gasteiger partial charge on any atom is -0.388 e. The Morgan fingerprint density at radius 3 is 2.63 bits per heavy atom. The molecule has 0 heterocycles. The van der Waals surface area contributed by atoms with Crippen LogP contribution >= 0.6 is 0 Å². The Morgan fingerprint density at radius 1 is 1.32 bits per heavy atom. The van der Waals surface area contributed by atoms with Crippen molar-refractivity contribution in [3.05, 3.63) is 23.3 Å². The van der Waals surface area contributed by atoms with E-state index in [9.17, 15) is 9.90 Å². The molecule has 2 nitrogen and oxygen atoms in total. The first-order valence-corrected chi connectivity index (χ1v) is 7.45. The van der Waals surface area contributed by atoms with Gasteiger partial charge in [0, 0.05) is 12.3 Å². The molecule has 2 aliphatic carbocycles. The van der Waals surface area contributed by atoms with Crippen LogP contribution in [0.15, 0.2) is 23.3 Å². The molecule has 0 aromatic rings. The molecule has 0 aromatic heterocycles. The Hall–Kier alpha value is -0.890. The van der Waals surface area contributed by atoms with Crippen molar-refractivity contribution in [1.29, 1.82) is 0 Å². The van der Waals surface area contributed by atoms with E-state index in [1.54, 1.807) is 0 Å². The van der Waals surface area contributed by atoms with Gasteiger partial charge in [0.15, 0.2) is 5.78 Å². The van der Waals surface area contributed by atoms with Crippen LogP contribution in [-0.4, -0.2) is 17.0 Å². The normalized spacial score (nSPS) is 29.6. The highest BCUT2D eigenvalue weighted by atomic mass is 16.3. The Kier molecular flexibility index (Phi) is 4.00. The molecular formula is C17H26O2. The van der Waals surface area contributed by atoms with E-state index in [-0.39, 0.29) is 17.1 Å².